The Labute approximate surface area is 205 Å². The third-order valence-electron chi connectivity index (χ3n) is 6.68. The molecule has 11 heteroatoms. The Morgan fingerprint density at radius 1 is 1.37 bits per heavy atom. The van der Waals surface area contributed by atoms with E-state index < -0.39 is 26.8 Å². The van der Waals surface area contributed by atoms with Crippen LogP contribution < -0.4 is 11.2 Å². The molecule has 3 aliphatic rings. The number of fused-ring (bicyclic) bond motifs is 1. The lowest BCUT2D eigenvalue weighted by Gasteiger charge is -2.29. The molecule has 188 valence electrons. The summed E-state index contributed by atoms with van der Waals surface area (Å²) in [5.74, 6) is 10.6. The fraction of sp³-hybridized carbons (Fsp3) is 0.583. The number of hydrogen-bond donors (Lipinski definition) is 2. The predicted octanol–water partition coefficient (Wildman–Crippen LogP) is 0.886. The zero-order valence-corrected chi connectivity index (χ0v) is 20.7. The van der Waals surface area contributed by atoms with E-state index in [9.17, 15) is 18.0 Å². The Balaban J connectivity index is 1.36. The van der Waals surface area contributed by atoms with Crippen LogP contribution in [0.15, 0.2) is 12.3 Å². The molecule has 2 fully saturated rings. The SMILES string of the molecule is C[C@@](CCN1Cc2cc(C#CC#CC3(N)CC3)cn2C1=O)(C(=O)NOC1CCCCO1)S(C)(=O)=O. The van der Waals surface area contributed by atoms with Gasteiger partial charge in [0.1, 0.15) is 0 Å². The Kier molecular flexibility index (Phi) is 6.98. The van der Waals surface area contributed by atoms with E-state index in [0.29, 0.717) is 18.6 Å². The second kappa shape index (κ2) is 9.67. The van der Waals surface area contributed by atoms with Crippen LogP contribution >= 0.6 is 0 Å². The van der Waals surface area contributed by atoms with Crippen LogP contribution in [0, 0.1) is 23.7 Å². The number of nitrogens with one attached hydrogen (secondary N) is 1. The standard InChI is InChI=1S/C24H30N4O6S/c1-23(35(2,31)32,21(29)26-34-20-8-4-6-14-33-20)12-13-27-17-19-15-18(16-28(19)22(27)30)7-3-5-9-24(25)10-11-24/h15-16,20H,4,6,8,10-14,17,25H2,1-2H3,(H,26,29)/t20?,23-/m1/s1. The highest BCUT2D eigenvalue weighted by Gasteiger charge is 2.45. The number of carbonyl (C=O) groups excluding carboxylic acids is 2. The maximum atomic E-state index is 12.9. The topological polar surface area (TPSA) is 133 Å². The van der Waals surface area contributed by atoms with Crippen LogP contribution in [0.3, 0.4) is 0 Å². The molecule has 35 heavy (non-hydrogen) atoms. The zero-order valence-electron chi connectivity index (χ0n) is 19.9. The average Bonchev–Trinajstić information content (AvgIpc) is 3.30. The number of sulfone groups is 1. The maximum absolute atomic E-state index is 12.9. The highest BCUT2D eigenvalue weighted by Crippen LogP contribution is 2.30. The van der Waals surface area contributed by atoms with Crippen LogP contribution in [-0.4, -0.2) is 65.8 Å². The van der Waals surface area contributed by atoms with E-state index in [1.807, 2.05) is 0 Å². The second-order valence-corrected chi connectivity index (χ2v) is 12.0. The molecule has 4 rings (SSSR count). The van der Waals surface area contributed by atoms with Gasteiger partial charge in [-0.05, 0) is 56.9 Å². The van der Waals surface area contributed by atoms with Gasteiger partial charge in [0.15, 0.2) is 20.9 Å². The quantitative estimate of drug-likeness (QED) is 0.418. The first kappa shape index (κ1) is 25.3. The van der Waals surface area contributed by atoms with E-state index in [4.69, 9.17) is 15.3 Å². The lowest BCUT2D eigenvalue weighted by molar-refractivity contribution is -0.201. The van der Waals surface area contributed by atoms with E-state index in [1.165, 1.54) is 16.4 Å². The number of carbonyl (C=O) groups is 2. The summed E-state index contributed by atoms with van der Waals surface area (Å²) < 4.78 is 30.2. The third-order valence-corrected chi connectivity index (χ3v) is 8.70. The monoisotopic (exact) mass is 502 g/mol. The lowest BCUT2D eigenvalue weighted by Crippen LogP contribution is -2.52. The summed E-state index contributed by atoms with van der Waals surface area (Å²) in [6, 6.07) is 1.49. The van der Waals surface area contributed by atoms with Gasteiger partial charge in [0, 0.05) is 43.3 Å². The van der Waals surface area contributed by atoms with Crippen molar-refractivity contribution in [2.45, 2.75) is 68.6 Å². The number of rotatable bonds is 7. The van der Waals surface area contributed by atoms with Crippen molar-refractivity contribution in [3.05, 3.63) is 23.5 Å². The minimum Gasteiger partial charge on any atom is -0.350 e. The Morgan fingerprint density at radius 3 is 2.77 bits per heavy atom. The maximum Gasteiger partial charge on any atom is 0.328 e. The molecule has 1 saturated heterocycles. The number of nitrogens with zero attached hydrogens (tertiary/aromatic N) is 2. The highest BCUT2D eigenvalue weighted by molar-refractivity contribution is 7.92. The molecule has 1 unspecified atom stereocenters. The fourth-order valence-electron chi connectivity index (χ4n) is 3.83. The van der Waals surface area contributed by atoms with Crippen LogP contribution in [0.5, 0.6) is 0 Å². The first-order valence-corrected chi connectivity index (χ1v) is 13.5. The summed E-state index contributed by atoms with van der Waals surface area (Å²) in [6.45, 7) is 2.22. The molecule has 1 saturated carbocycles. The summed E-state index contributed by atoms with van der Waals surface area (Å²) in [4.78, 5) is 32.5. The number of hydrogen-bond acceptors (Lipinski definition) is 7. The molecule has 10 nitrogen and oxygen atoms in total. The molecule has 0 spiro atoms. The summed E-state index contributed by atoms with van der Waals surface area (Å²) in [6.07, 6.45) is 6.13. The van der Waals surface area contributed by atoms with Gasteiger partial charge in [-0.2, -0.15) is 0 Å². The third kappa shape index (κ3) is 5.71. The lowest BCUT2D eigenvalue weighted by atomic mass is 10.1. The van der Waals surface area contributed by atoms with Gasteiger partial charge in [0.05, 0.1) is 12.1 Å². The van der Waals surface area contributed by atoms with Crippen molar-refractivity contribution in [2.75, 3.05) is 19.4 Å². The molecule has 2 aliphatic heterocycles. The van der Waals surface area contributed by atoms with E-state index in [-0.39, 0.29) is 31.1 Å². The number of hydroxylamine groups is 1. The van der Waals surface area contributed by atoms with Gasteiger partial charge in [0.2, 0.25) is 0 Å². The molecule has 2 atom stereocenters. The molecule has 3 N–H and O–H groups in total. The number of nitrogens with two attached hydrogens (primary N) is 1. The molecule has 2 amide bonds. The van der Waals surface area contributed by atoms with E-state index >= 15 is 0 Å². The van der Waals surface area contributed by atoms with Gasteiger partial charge in [-0.3, -0.25) is 9.36 Å². The smallest absolute Gasteiger partial charge is 0.328 e. The minimum absolute atomic E-state index is 0.0719. The normalized spacial score (nSPS) is 22.2. The van der Waals surface area contributed by atoms with Crippen molar-refractivity contribution in [3.8, 4) is 23.7 Å². The molecule has 1 aliphatic carbocycles. The van der Waals surface area contributed by atoms with Gasteiger partial charge < -0.3 is 15.4 Å². The molecule has 0 aromatic carbocycles. The molecule has 3 heterocycles. The summed E-state index contributed by atoms with van der Waals surface area (Å²) >= 11 is 0. The van der Waals surface area contributed by atoms with Gasteiger partial charge in [0.25, 0.3) is 5.91 Å². The number of ether oxygens (including phenoxy) is 1. The Hall–Kier alpha value is -2.83. The largest absolute Gasteiger partial charge is 0.350 e. The highest BCUT2D eigenvalue weighted by atomic mass is 32.2. The van der Waals surface area contributed by atoms with Gasteiger partial charge >= 0.3 is 6.03 Å². The number of aromatic nitrogens is 1. The first-order chi connectivity index (χ1) is 16.5. The van der Waals surface area contributed by atoms with Gasteiger partial charge in [-0.1, -0.05) is 11.8 Å². The van der Waals surface area contributed by atoms with E-state index in [1.54, 1.807) is 12.3 Å². The van der Waals surface area contributed by atoms with Crippen molar-refractivity contribution < 1.29 is 27.6 Å². The Morgan fingerprint density at radius 2 is 2.14 bits per heavy atom. The fourth-order valence-corrected chi connectivity index (χ4v) is 4.67. The van der Waals surface area contributed by atoms with Crippen LogP contribution in [0.25, 0.3) is 0 Å². The van der Waals surface area contributed by atoms with Crippen LogP contribution in [0.2, 0.25) is 0 Å². The van der Waals surface area contributed by atoms with Crippen molar-refractivity contribution in [3.63, 3.8) is 0 Å². The zero-order chi connectivity index (χ0) is 25.3. The predicted molar refractivity (Wildman–Crippen MR) is 127 cm³/mol. The number of amides is 2. The Bertz CT molecular complexity index is 1240. The molecule has 0 radical (unpaired) electrons. The summed E-state index contributed by atoms with van der Waals surface area (Å²) in [7, 11) is -3.82. The van der Waals surface area contributed by atoms with Crippen molar-refractivity contribution in [1.82, 2.24) is 14.9 Å². The van der Waals surface area contributed by atoms with E-state index in [0.717, 1.165) is 37.6 Å². The molecular formula is C24H30N4O6S. The summed E-state index contributed by atoms with van der Waals surface area (Å²) in [5.41, 5.74) is 9.16. The van der Waals surface area contributed by atoms with E-state index in [2.05, 4.69) is 29.2 Å². The van der Waals surface area contributed by atoms with Crippen LogP contribution in [0.4, 0.5) is 4.79 Å². The second-order valence-electron chi connectivity index (χ2n) is 9.55. The minimum atomic E-state index is -3.82. The van der Waals surface area contributed by atoms with Crippen molar-refractivity contribution >= 4 is 21.8 Å². The van der Waals surface area contributed by atoms with Crippen LogP contribution in [-0.2, 0) is 30.8 Å². The van der Waals surface area contributed by atoms with Crippen LogP contribution in [0.1, 0.15) is 56.7 Å². The van der Waals surface area contributed by atoms with Gasteiger partial charge in [-0.25, -0.2) is 23.5 Å². The average molecular weight is 503 g/mol. The molecule has 0 bridgehead atoms. The van der Waals surface area contributed by atoms with Crippen molar-refractivity contribution in [2.24, 2.45) is 5.73 Å². The first-order valence-electron chi connectivity index (χ1n) is 11.6. The molecule has 1 aromatic heterocycles. The van der Waals surface area contributed by atoms with Crippen molar-refractivity contribution in [1.29, 1.82) is 0 Å². The van der Waals surface area contributed by atoms with Gasteiger partial charge in [-0.15, -0.1) is 0 Å². The molecular weight excluding hydrogens is 472 g/mol. The molecule has 1 aromatic rings. The summed E-state index contributed by atoms with van der Waals surface area (Å²) in [5, 5.41) is 0.